The number of para-hydroxylation sites is 1. The van der Waals surface area contributed by atoms with Crippen molar-refractivity contribution in [1.29, 1.82) is 0 Å². The van der Waals surface area contributed by atoms with E-state index in [1.54, 1.807) is 6.26 Å². The third-order valence-electron chi connectivity index (χ3n) is 5.30. The number of fused-ring (bicyclic) bond motifs is 1. The van der Waals surface area contributed by atoms with Crippen molar-refractivity contribution < 1.29 is 9.21 Å². The van der Waals surface area contributed by atoms with Crippen LogP contribution in [0, 0.1) is 0 Å². The van der Waals surface area contributed by atoms with E-state index in [0.717, 1.165) is 35.3 Å². The molecule has 5 nitrogen and oxygen atoms in total. The van der Waals surface area contributed by atoms with Crippen molar-refractivity contribution in [2.45, 2.75) is 25.3 Å². The van der Waals surface area contributed by atoms with Gasteiger partial charge in [-0.3, -0.25) is 9.69 Å². The number of piperidine rings is 1. The van der Waals surface area contributed by atoms with Gasteiger partial charge in [0.05, 0.1) is 17.9 Å². The molecule has 0 bridgehead atoms. The molecule has 1 amide bonds. The first kappa shape index (κ1) is 16.9. The van der Waals surface area contributed by atoms with Gasteiger partial charge in [0.1, 0.15) is 5.76 Å². The van der Waals surface area contributed by atoms with Gasteiger partial charge in [-0.2, -0.15) is 0 Å². The first-order chi connectivity index (χ1) is 12.7. The van der Waals surface area contributed by atoms with Crippen LogP contribution in [0.2, 0.25) is 0 Å². The van der Waals surface area contributed by atoms with E-state index in [-0.39, 0.29) is 11.9 Å². The Morgan fingerprint density at radius 1 is 1.15 bits per heavy atom. The molecule has 0 aliphatic carbocycles. The first-order valence-corrected chi connectivity index (χ1v) is 9.34. The zero-order valence-electron chi connectivity index (χ0n) is 15.1. The maximum atomic E-state index is 12.9. The molecule has 1 aromatic carbocycles. The van der Waals surface area contributed by atoms with E-state index in [1.807, 2.05) is 54.2 Å². The Labute approximate surface area is 153 Å². The quantitative estimate of drug-likeness (QED) is 0.762. The molecule has 0 unspecified atom stereocenters. The molecule has 136 valence electrons. The van der Waals surface area contributed by atoms with Gasteiger partial charge in [-0.1, -0.05) is 24.6 Å². The number of carbonyl (C=O) groups is 1. The predicted molar refractivity (Wildman–Crippen MR) is 102 cm³/mol. The highest BCUT2D eigenvalue weighted by molar-refractivity contribution is 6.06. The van der Waals surface area contributed by atoms with Crippen molar-refractivity contribution in [2.24, 2.45) is 7.05 Å². The smallest absolute Gasteiger partial charge is 0.253 e. The van der Waals surface area contributed by atoms with Gasteiger partial charge in [0, 0.05) is 30.7 Å². The summed E-state index contributed by atoms with van der Waals surface area (Å²) in [6.07, 6.45) is 7.30. The summed E-state index contributed by atoms with van der Waals surface area (Å²) in [7, 11) is 1.97. The predicted octanol–water partition coefficient (Wildman–Crippen LogP) is 3.73. The van der Waals surface area contributed by atoms with Gasteiger partial charge in [0.2, 0.25) is 0 Å². The zero-order chi connectivity index (χ0) is 17.9. The number of rotatable bonds is 5. The Bertz CT molecular complexity index is 876. The normalized spacial score (nSPS) is 16.7. The second-order valence-corrected chi connectivity index (χ2v) is 7.01. The minimum absolute atomic E-state index is 0.0321. The summed E-state index contributed by atoms with van der Waals surface area (Å²) in [4.78, 5) is 15.3. The fourth-order valence-corrected chi connectivity index (χ4v) is 3.93. The van der Waals surface area contributed by atoms with Gasteiger partial charge >= 0.3 is 0 Å². The molecule has 26 heavy (non-hydrogen) atoms. The van der Waals surface area contributed by atoms with Crippen molar-refractivity contribution in [1.82, 2.24) is 14.8 Å². The van der Waals surface area contributed by atoms with Crippen molar-refractivity contribution in [2.75, 3.05) is 19.6 Å². The molecule has 3 heterocycles. The van der Waals surface area contributed by atoms with Crippen LogP contribution in [0.4, 0.5) is 0 Å². The van der Waals surface area contributed by atoms with Gasteiger partial charge in [-0.15, -0.1) is 0 Å². The summed E-state index contributed by atoms with van der Waals surface area (Å²) in [6.45, 7) is 2.65. The van der Waals surface area contributed by atoms with Gasteiger partial charge in [-0.05, 0) is 44.1 Å². The summed E-state index contributed by atoms with van der Waals surface area (Å²) in [6, 6.07) is 12.0. The molecule has 5 heteroatoms. The molecule has 1 N–H and O–H groups in total. The van der Waals surface area contributed by atoms with Crippen LogP contribution < -0.4 is 5.32 Å². The van der Waals surface area contributed by atoms with Crippen LogP contribution in [0.3, 0.4) is 0 Å². The van der Waals surface area contributed by atoms with Crippen molar-refractivity contribution >= 4 is 16.8 Å². The van der Waals surface area contributed by atoms with Crippen LogP contribution in [-0.4, -0.2) is 35.0 Å². The number of amides is 1. The maximum absolute atomic E-state index is 12.9. The Kier molecular flexibility index (Phi) is 4.80. The Morgan fingerprint density at radius 2 is 1.96 bits per heavy atom. The van der Waals surface area contributed by atoms with Gasteiger partial charge in [0.25, 0.3) is 5.91 Å². The van der Waals surface area contributed by atoms with Crippen LogP contribution in [-0.2, 0) is 7.05 Å². The highest BCUT2D eigenvalue weighted by Gasteiger charge is 2.25. The second kappa shape index (κ2) is 7.38. The third kappa shape index (κ3) is 3.27. The zero-order valence-corrected chi connectivity index (χ0v) is 15.1. The number of likely N-dealkylation sites (tertiary alicyclic amines) is 1. The molecule has 0 radical (unpaired) electrons. The molecule has 1 aliphatic rings. The number of hydrogen-bond donors (Lipinski definition) is 1. The maximum Gasteiger partial charge on any atom is 0.253 e. The standard InChI is InChI=1S/C21H25N3O2/c1-23-15-17(16-8-3-4-9-18(16)23)21(25)22-14-19(20-10-7-13-26-20)24-11-5-2-6-12-24/h3-4,7-10,13,15,19H,2,5-6,11-12,14H2,1H3,(H,22,25)/t19-/m0/s1. The molecule has 0 spiro atoms. The van der Waals surface area contributed by atoms with Gasteiger partial charge < -0.3 is 14.3 Å². The molecule has 3 aromatic rings. The van der Waals surface area contributed by atoms with Gasteiger partial charge in [-0.25, -0.2) is 0 Å². The highest BCUT2D eigenvalue weighted by atomic mass is 16.3. The third-order valence-corrected chi connectivity index (χ3v) is 5.30. The Balaban J connectivity index is 1.52. The number of nitrogens with zero attached hydrogens (tertiary/aromatic N) is 2. The van der Waals surface area contributed by atoms with E-state index in [9.17, 15) is 4.79 Å². The number of hydrogen-bond acceptors (Lipinski definition) is 3. The topological polar surface area (TPSA) is 50.4 Å². The van der Waals surface area contributed by atoms with E-state index in [4.69, 9.17) is 4.42 Å². The minimum Gasteiger partial charge on any atom is -0.468 e. The molecule has 1 fully saturated rings. The Morgan fingerprint density at radius 3 is 2.73 bits per heavy atom. The average molecular weight is 351 g/mol. The molecule has 4 rings (SSSR count). The molecular formula is C21H25N3O2. The first-order valence-electron chi connectivity index (χ1n) is 9.34. The molecular weight excluding hydrogens is 326 g/mol. The molecule has 1 atom stereocenters. The minimum atomic E-state index is -0.0321. The summed E-state index contributed by atoms with van der Waals surface area (Å²) < 4.78 is 7.66. The highest BCUT2D eigenvalue weighted by Crippen LogP contribution is 2.25. The molecule has 1 saturated heterocycles. The summed E-state index contributed by atoms with van der Waals surface area (Å²) in [5.41, 5.74) is 1.79. The fourth-order valence-electron chi connectivity index (χ4n) is 3.93. The summed E-state index contributed by atoms with van der Waals surface area (Å²) >= 11 is 0. The van der Waals surface area contributed by atoms with Gasteiger partial charge in [0.15, 0.2) is 0 Å². The summed E-state index contributed by atoms with van der Waals surface area (Å²) in [5.74, 6) is 0.889. The number of nitrogens with one attached hydrogen (secondary N) is 1. The number of aromatic nitrogens is 1. The lowest BCUT2D eigenvalue weighted by Gasteiger charge is -2.33. The summed E-state index contributed by atoms with van der Waals surface area (Å²) in [5, 5.41) is 4.12. The van der Waals surface area contributed by atoms with E-state index >= 15 is 0 Å². The van der Waals surface area contributed by atoms with Crippen LogP contribution in [0.15, 0.2) is 53.3 Å². The second-order valence-electron chi connectivity index (χ2n) is 7.01. The average Bonchev–Trinajstić information content (AvgIpc) is 3.32. The largest absolute Gasteiger partial charge is 0.468 e. The molecule has 2 aromatic heterocycles. The van der Waals surface area contributed by atoms with Crippen LogP contribution in [0.25, 0.3) is 10.9 Å². The number of aryl methyl sites for hydroxylation is 1. The van der Waals surface area contributed by atoms with E-state index < -0.39 is 0 Å². The number of benzene rings is 1. The van der Waals surface area contributed by atoms with Crippen LogP contribution in [0.1, 0.15) is 41.4 Å². The van der Waals surface area contributed by atoms with E-state index in [2.05, 4.69) is 10.2 Å². The van der Waals surface area contributed by atoms with Crippen molar-refractivity contribution in [3.05, 3.63) is 60.2 Å². The fraction of sp³-hybridized carbons (Fsp3) is 0.381. The number of carbonyl (C=O) groups excluding carboxylic acids is 1. The van der Waals surface area contributed by atoms with E-state index in [0.29, 0.717) is 6.54 Å². The van der Waals surface area contributed by atoms with Crippen LogP contribution in [0.5, 0.6) is 0 Å². The molecule has 1 aliphatic heterocycles. The van der Waals surface area contributed by atoms with E-state index in [1.165, 1.54) is 19.3 Å². The van der Waals surface area contributed by atoms with Crippen LogP contribution >= 0.6 is 0 Å². The lowest BCUT2D eigenvalue weighted by molar-refractivity contribution is 0.0915. The lowest BCUT2D eigenvalue weighted by atomic mass is 10.1. The Hall–Kier alpha value is -2.53. The number of furan rings is 1. The lowest BCUT2D eigenvalue weighted by Crippen LogP contribution is -2.40. The monoisotopic (exact) mass is 351 g/mol. The SMILES string of the molecule is Cn1cc(C(=O)NC[C@@H](c2ccco2)N2CCCCC2)c2ccccc21. The van der Waals surface area contributed by atoms with Crippen molar-refractivity contribution in [3.63, 3.8) is 0 Å². The molecule has 0 saturated carbocycles. The van der Waals surface area contributed by atoms with Crippen molar-refractivity contribution in [3.8, 4) is 0 Å².